The molecule has 0 radical (unpaired) electrons. The fourth-order valence-electron chi connectivity index (χ4n) is 4.44. The third-order valence-corrected chi connectivity index (χ3v) is 7.36. The van der Waals surface area contributed by atoms with Crippen molar-refractivity contribution in [3.63, 3.8) is 0 Å². The molecule has 0 aromatic heterocycles. The third kappa shape index (κ3) is 20.5. The van der Waals surface area contributed by atoms with E-state index in [0.29, 0.717) is 26.1 Å². The number of ether oxygens (including phenoxy) is 5. The van der Waals surface area contributed by atoms with Gasteiger partial charge in [-0.3, -0.25) is 0 Å². The zero-order valence-corrected chi connectivity index (χ0v) is 28.3. The molecule has 0 saturated carbocycles. The number of carbonyl (C=O) groups excluding carboxylic acids is 5. The molecule has 0 heterocycles. The lowest BCUT2D eigenvalue weighted by Crippen LogP contribution is -2.44. The van der Waals surface area contributed by atoms with Gasteiger partial charge in [0.25, 0.3) is 0 Å². The normalized spacial score (nSPS) is 10.8. The summed E-state index contributed by atoms with van der Waals surface area (Å²) in [4.78, 5) is 59.9. The van der Waals surface area contributed by atoms with Gasteiger partial charge in [0.05, 0.1) is 6.61 Å². The number of amides is 2. The summed E-state index contributed by atoms with van der Waals surface area (Å²) >= 11 is 0. The van der Waals surface area contributed by atoms with Gasteiger partial charge in [-0.15, -0.1) is 19.7 Å². The maximum absolute atomic E-state index is 12.4. The van der Waals surface area contributed by atoms with Crippen LogP contribution in [0.5, 0.6) is 0 Å². The summed E-state index contributed by atoms with van der Waals surface area (Å²) in [5.74, 6) is -2.33. The second kappa shape index (κ2) is 26.5. The summed E-state index contributed by atoms with van der Waals surface area (Å²) in [5.41, 5.74) is -1.57. The Bertz CT molecular complexity index is 994. The minimum Gasteiger partial charge on any atom is -0.462 e. The first-order valence-electron chi connectivity index (χ1n) is 16.1. The van der Waals surface area contributed by atoms with Crippen LogP contribution in [0.25, 0.3) is 0 Å². The average molecular weight is 675 g/mol. The molecule has 0 spiro atoms. The van der Waals surface area contributed by atoms with Crippen molar-refractivity contribution >= 4 is 30.1 Å². The van der Waals surface area contributed by atoms with Crippen LogP contribution in [0.4, 0.5) is 9.59 Å². The summed E-state index contributed by atoms with van der Waals surface area (Å²) in [5, 5.41) is 5.43. The number of hydrogen-bond donors (Lipinski definition) is 2. The predicted octanol–water partition coefficient (Wildman–Crippen LogP) is 6.06. The van der Waals surface area contributed by atoms with Gasteiger partial charge in [0.2, 0.25) is 0 Å². The van der Waals surface area contributed by atoms with Crippen molar-refractivity contribution in [2.45, 2.75) is 64.2 Å². The molecule has 0 fully saturated rings. The van der Waals surface area contributed by atoms with Crippen LogP contribution in [0.1, 0.15) is 64.2 Å². The number of alkyl carbamates (subject to hydrolysis) is 2. The third-order valence-electron chi connectivity index (χ3n) is 7.36. The molecule has 0 atom stereocenters. The number of rotatable bonds is 29. The Morgan fingerprint density at radius 1 is 0.458 bits per heavy atom. The molecule has 0 aliphatic rings. The standard InChI is InChI=1S/C36H54N2O10/c1-7-13-20-35(21-14-8-2,22-15-9-3)25-47-33(42)37-23-18-16-17-19-24-38-34(43)48-29-36(26-44-30(39)10-4,27-45-31(40)11-5)28-46-32(41)12-6/h7-12H,1-6,13-29H2,(H,37,42)(H,38,43). The minimum absolute atomic E-state index is 0.154. The second-order valence-corrected chi connectivity index (χ2v) is 11.3. The van der Waals surface area contributed by atoms with Gasteiger partial charge in [-0.1, -0.05) is 50.8 Å². The minimum atomic E-state index is -1.41. The Kier molecular flexibility index (Phi) is 23.9. The molecule has 0 saturated heterocycles. The number of unbranched alkanes of at least 4 members (excludes halogenated alkanes) is 3. The molecule has 12 heteroatoms. The van der Waals surface area contributed by atoms with Crippen LogP contribution >= 0.6 is 0 Å². The van der Waals surface area contributed by atoms with Gasteiger partial charge in [0.1, 0.15) is 31.8 Å². The smallest absolute Gasteiger partial charge is 0.407 e. The zero-order valence-electron chi connectivity index (χ0n) is 28.3. The molecule has 0 bridgehead atoms. The second-order valence-electron chi connectivity index (χ2n) is 11.3. The average Bonchev–Trinajstić information content (AvgIpc) is 3.10. The van der Waals surface area contributed by atoms with Crippen molar-refractivity contribution in [3.8, 4) is 0 Å². The van der Waals surface area contributed by atoms with E-state index in [-0.39, 0.29) is 5.41 Å². The highest BCUT2D eigenvalue weighted by Gasteiger charge is 2.37. The summed E-state index contributed by atoms with van der Waals surface area (Å²) in [6.07, 6.45) is 15.3. The molecule has 2 amide bonds. The number of nitrogens with one attached hydrogen (secondary N) is 2. The summed E-state index contributed by atoms with van der Waals surface area (Å²) in [7, 11) is 0. The molecule has 0 aliphatic carbocycles. The van der Waals surface area contributed by atoms with Gasteiger partial charge >= 0.3 is 30.1 Å². The monoisotopic (exact) mass is 674 g/mol. The van der Waals surface area contributed by atoms with Crippen molar-refractivity contribution in [2.75, 3.05) is 46.1 Å². The summed E-state index contributed by atoms with van der Waals surface area (Å²) in [6, 6.07) is 0. The van der Waals surface area contributed by atoms with E-state index in [2.05, 4.69) is 50.1 Å². The zero-order chi connectivity index (χ0) is 36.1. The SMILES string of the molecule is C=CCCC(CCC=C)(CCC=C)COC(=O)NCCCCCCNC(=O)OCC(COC(=O)C=C)(COC(=O)C=C)COC(=O)C=C. The van der Waals surface area contributed by atoms with E-state index in [9.17, 15) is 24.0 Å². The van der Waals surface area contributed by atoms with E-state index >= 15 is 0 Å². The van der Waals surface area contributed by atoms with E-state index in [1.807, 2.05) is 18.2 Å². The first kappa shape index (κ1) is 43.4. The van der Waals surface area contributed by atoms with Crippen molar-refractivity contribution in [2.24, 2.45) is 10.8 Å². The Morgan fingerprint density at radius 3 is 1.08 bits per heavy atom. The fraction of sp³-hybridized carbons (Fsp3) is 0.528. The van der Waals surface area contributed by atoms with Crippen molar-refractivity contribution < 1.29 is 47.7 Å². The molecule has 12 nitrogen and oxygen atoms in total. The lowest BCUT2D eigenvalue weighted by Gasteiger charge is -2.33. The van der Waals surface area contributed by atoms with Crippen LogP contribution in [0, 0.1) is 10.8 Å². The van der Waals surface area contributed by atoms with Gasteiger partial charge < -0.3 is 34.3 Å². The lowest BCUT2D eigenvalue weighted by atomic mass is 9.76. The van der Waals surface area contributed by atoms with E-state index in [0.717, 1.165) is 76.0 Å². The molecule has 48 heavy (non-hydrogen) atoms. The van der Waals surface area contributed by atoms with Crippen LogP contribution in [0.2, 0.25) is 0 Å². The highest BCUT2D eigenvalue weighted by Crippen LogP contribution is 2.36. The lowest BCUT2D eigenvalue weighted by molar-refractivity contribution is -0.159. The first-order valence-corrected chi connectivity index (χ1v) is 16.1. The van der Waals surface area contributed by atoms with Crippen molar-refractivity contribution in [1.82, 2.24) is 10.6 Å². The predicted molar refractivity (Wildman–Crippen MR) is 184 cm³/mol. The highest BCUT2D eigenvalue weighted by molar-refractivity contribution is 5.82. The summed E-state index contributed by atoms with van der Waals surface area (Å²) in [6.45, 7) is 20.9. The maximum Gasteiger partial charge on any atom is 0.407 e. The number of esters is 3. The molecule has 0 aromatic rings. The van der Waals surface area contributed by atoms with E-state index in [1.54, 1.807) is 0 Å². The Morgan fingerprint density at radius 2 is 0.771 bits per heavy atom. The van der Waals surface area contributed by atoms with Gasteiger partial charge in [-0.05, 0) is 51.4 Å². The van der Waals surface area contributed by atoms with Crippen LogP contribution in [-0.4, -0.2) is 76.2 Å². The van der Waals surface area contributed by atoms with E-state index in [4.69, 9.17) is 23.7 Å². The highest BCUT2D eigenvalue weighted by atomic mass is 16.6. The molecular formula is C36H54N2O10. The Balaban J connectivity index is 4.71. The van der Waals surface area contributed by atoms with Crippen LogP contribution in [-0.2, 0) is 38.1 Å². The van der Waals surface area contributed by atoms with E-state index < -0.39 is 61.9 Å². The molecule has 268 valence electrons. The van der Waals surface area contributed by atoms with Gasteiger partial charge in [-0.2, -0.15) is 0 Å². The Hall–Kier alpha value is -4.61. The first-order chi connectivity index (χ1) is 23.0. The number of carbonyl (C=O) groups is 5. The van der Waals surface area contributed by atoms with E-state index in [1.165, 1.54) is 0 Å². The van der Waals surface area contributed by atoms with Crippen LogP contribution in [0.15, 0.2) is 75.9 Å². The fourth-order valence-corrected chi connectivity index (χ4v) is 4.44. The van der Waals surface area contributed by atoms with Gasteiger partial charge in [0, 0.05) is 36.7 Å². The number of allylic oxidation sites excluding steroid dienone is 3. The van der Waals surface area contributed by atoms with Crippen LogP contribution < -0.4 is 10.6 Å². The molecule has 2 N–H and O–H groups in total. The van der Waals surface area contributed by atoms with Crippen LogP contribution in [0.3, 0.4) is 0 Å². The van der Waals surface area contributed by atoms with Gasteiger partial charge in [0.15, 0.2) is 0 Å². The molecule has 0 rings (SSSR count). The maximum atomic E-state index is 12.4. The topological polar surface area (TPSA) is 156 Å². The van der Waals surface area contributed by atoms with Gasteiger partial charge in [-0.25, -0.2) is 24.0 Å². The molecule has 0 aliphatic heterocycles. The Labute approximate surface area is 285 Å². The van der Waals surface area contributed by atoms with Crippen molar-refractivity contribution in [3.05, 3.63) is 75.9 Å². The number of hydrogen-bond acceptors (Lipinski definition) is 10. The largest absolute Gasteiger partial charge is 0.462 e. The molecule has 0 aromatic carbocycles. The van der Waals surface area contributed by atoms with Crippen molar-refractivity contribution in [1.29, 1.82) is 0 Å². The molecular weight excluding hydrogens is 620 g/mol. The molecule has 0 unspecified atom stereocenters. The summed E-state index contributed by atoms with van der Waals surface area (Å²) < 4.78 is 26.2. The quantitative estimate of drug-likeness (QED) is 0.0315.